The molecule has 0 spiro atoms. The van der Waals surface area contributed by atoms with E-state index in [4.69, 9.17) is 9.84 Å². The molecular weight excluding hydrogens is 252 g/mol. The molecule has 0 aliphatic carbocycles. The van der Waals surface area contributed by atoms with E-state index in [0.29, 0.717) is 6.42 Å². The molecule has 0 saturated carbocycles. The lowest BCUT2D eigenvalue weighted by Gasteiger charge is -2.11. The summed E-state index contributed by atoms with van der Waals surface area (Å²) in [7, 11) is 1.65. The lowest BCUT2D eigenvalue weighted by Crippen LogP contribution is -2.00. The summed E-state index contributed by atoms with van der Waals surface area (Å²) >= 11 is 0. The average Bonchev–Trinajstić information content (AvgIpc) is 2.46. The van der Waals surface area contributed by atoms with Crippen LogP contribution in [0.25, 0.3) is 0 Å². The predicted octanol–water partition coefficient (Wildman–Crippen LogP) is 3.30. The number of carboxylic acids is 1. The molecule has 0 fully saturated rings. The molecule has 0 aliphatic heterocycles. The van der Waals surface area contributed by atoms with Crippen LogP contribution in [0.15, 0.2) is 48.5 Å². The Hall–Kier alpha value is -2.29. The number of aliphatic carboxylic acids is 1. The van der Waals surface area contributed by atoms with Crippen LogP contribution in [0, 0.1) is 0 Å². The van der Waals surface area contributed by atoms with Crippen LogP contribution in [0.3, 0.4) is 0 Å². The highest BCUT2D eigenvalue weighted by molar-refractivity contribution is 5.67. The maximum atomic E-state index is 10.6. The Morgan fingerprint density at radius 2 is 1.85 bits per heavy atom. The summed E-state index contributed by atoms with van der Waals surface area (Å²) in [6.45, 7) is 0. The second kappa shape index (κ2) is 6.75. The normalized spacial score (nSPS) is 10.2. The quantitative estimate of drug-likeness (QED) is 0.876. The van der Waals surface area contributed by atoms with Crippen LogP contribution < -0.4 is 4.74 Å². The Balaban J connectivity index is 2.20. The zero-order chi connectivity index (χ0) is 14.4. The molecule has 2 aromatic carbocycles. The highest BCUT2D eigenvalue weighted by Crippen LogP contribution is 2.23. The fraction of sp³-hybridized carbons (Fsp3) is 0.235. The van der Waals surface area contributed by atoms with E-state index in [2.05, 4.69) is 12.1 Å². The third-order valence-electron chi connectivity index (χ3n) is 3.21. The van der Waals surface area contributed by atoms with E-state index in [1.807, 2.05) is 36.4 Å². The number of carbonyl (C=O) groups is 1. The monoisotopic (exact) mass is 270 g/mol. The Morgan fingerprint density at radius 3 is 2.50 bits per heavy atom. The highest BCUT2D eigenvalue weighted by Gasteiger charge is 2.07. The van der Waals surface area contributed by atoms with Gasteiger partial charge in [-0.1, -0.05) is 42.5 Å². The average molecular weight is 270 g/mol. The topological polar surface area (TPSA) is 46.5 Å². The van der Waals surface area contributed by atoms with Crippen molar-refractivity contribution in [3.05, 3.63) is 65.2 Å². The van der Waals surface area contributed by atoms with Crippen LogP contribution in [0.5, 0.6) is 5.75 Å². The molecule has 0 heterocycles. The van der Waals surface area contributed by atoms with E-state index in [1.54, 1.807) is 7.11 Å². The maximum absolute atomic E-state index is 10.6. The number of methoxy groups -OCH3 is 1. The number of ether oxygens (including phenoxy) is 1. The van der Waals surface area contributed by atoms with Gasteiger partial charge in [0, 0.05) is 12.8 Å². The van der Waals surface area contributed by atoms with E-state index in [9.17, 15) is 4.79 Å². The summed E-state index contributed by atoms with van der Waals surface area (Å²) < 4.78 is 5.38. The molecule has 0 aliphatic rings. The lowest BCUT2D eigenvalue weighted by molar-refractivity contribution is -0.136. The molecule has 0 unspecified atom stereocenters. The lowest BCUT2D eigenvalue weighted by atomic mass is 10.00. The van der Waals surface area contributed by atoms with Crippen LogP contribution in [-0.2, 0) is 17.6 Å². The zero-order valence-electron chi connectivity index (χ0n) is 11.5. The Kier molecular flexibility index (Phi) is 4.77. The zero-order valence-corrected chi connectivity index (χ0v) is 11.5. The molecule has 0 radical (unpaired) electrons. The Labute approximate surface area is 118 Å². The summed E-state index contributed by atoms with van der Waals surface area (Å²) in [6, 6.07) is 16.0. The molecule has 0 bridgehead atoms. The molecule has 2 aromatic rings. The van der Waals surface area contributed by atoms with Crippen molar-refractivity contribution in [3.63, 3.8) is 0 Å². The molecule has 104 valence electrons. The van der Waals surface area contributed by atoms with Crippen molar-refractivity contribution in [2.75, 3.05) is 7.11 Å². The van der Waals surface area contributed by atoms with Gasteiger partial charge in [-0.25, -0.2) is 0 Å². The molecule has 0 amide bonds. The summed E-state index contributed by atoms with van der Waals surface area (Å²) in [6.07, 6.45) is 1.48. The minimum atomic E-state index is -0.773. The smallest absolute Gasteiger partial charge is 0.303 e. The summed E-state index contributed by atoms with van der Waals surface area (Å²) in [5, 5.41) is 8.76. The van der Waals surface area contributed by atoms with Crippen molar-refractivity contribution >= 4 is 5.97 Å². The van der Waals surface area contributed by atoms with Gasteiger partial charge in [0.2, 0.25) is 0 Å². The van der Waals surface area contributed by atoms with Gasteiger partial charge < -0.3 is 9.84 Å². The van der Waals surface area contributed by atoms with Crippen LogP contribution in [-0.4, -0.2) is 18.2 Å². The third kappa shape index (κ3) is 3.85. The highest BCUT2D eigenvalue weighted by atomic mass is 16.5. The van der Waals surface area contributed by atoms with Crippen molar-refractivity contribution in [3.8, 4) is 5.75 Å². The van der Waals surface area contributed by atoms with E-state index in [1.165, 1.54) is 5.56 Å². The first kappa shape index (κ1) is 14.1. The fourth-order valence-corrected chi connectivity index (χ4v) is 2.19. The molecule has 0 atom stereocenters. The van der Waals surface area contributed by atoms with Crippen LogP contribution in [0.2, 0.25) is 0 Å². The largest absolute Gasteiger partial charge is 0.496 e. The second-order valence-electron chi connectivity index (χ2n) is 4.70. The molecule has 1 N–H and O–H groups in total. The molecule has 0 saturated heterocycles. The first-order chi connectivity index (χ1) is 9.69. The van der Waals surface area contributed by atoms with Crippen molar-refractivity contribution < 1.29 is 14.6 Å². The van der Waals surface area contributed by atoms with Gasteiger partial charge >= 0.3 is 5.97 Å². The van der Waals surface area contributed by atoms with Gasteiger partial charge in [0.15, 0.2) is 0 Å². The van der Waals surface area contributed by atoms with Crippen LogP contribution in [0.1, 0.15) is 23.1 Å². The van der Waals surface area contributed by atoms with Gasteiger partial charge in [0.05, 0.1) is 7.11 Å². The van der Waals surface area contributed by atoms with Gasteiger partial charge in [0.25, 0.3) is 0 Å². The van der Waals surface area contributed by atoms with Gasteiger partial charge in [-0.3, -0.25) is 4.79 Å². The number of hydrogen-bond acceptors (Lipinski definition) is 2. The van der Waals surface area contributed by atoms with Crippen molar-refractivity contribution in [2.24, 2.45) is 0 Å². The van der Waals surface area contributed by atoms with E-state index in [-0.39, 0.29) is 6.42 Å². The fourth-order valence-electron chi connectivity index (χ4n) is 2.19. The molecule has 3 nitrogen and oxygen atoms in total. The first-order valence-electron chi connectivity index (χ1n) is 6.60. The van der Waals surface area contributed by atoms with Crippen LogP contribution >= 0.6 is 0 Å². The number of benzene rings is 2. The minimum Gasteiger partial charge on any atom is -0.496 e. The van der Waals surface area contributed by atoms with Gasteiger partial charge in [-0.05, 0) is 29.2 Å². The van der Waals surface area contributed by atoms with Gasteiger partial charge in [0.1, 0.15) is 5.75 Å². The standard InChI is InChI=1S/C17H18O3/c1-20-16-9-7-14(8-10-17(18)19)12-15(16)11-13-5-3-2-4-6-13/h2-7,9,12H,8,10-11H2,1H3,(H,18,19). The molecule has 0 aromatic heterocycles. The van der Waals surface area contributed by atoms with E-state index >= 15 is 0 Å². The third-order valence-corrected chi connectivity index (χ3v) is 3.21. The first-order valence-corrected chi connectivity index (χ1v) is 6.60. The Morgan fingerprint density at radius 1 is 1.10 bits per heavy atom. The second-order valence-corrected chi connectivity index (χ2v) is 4.70. The summed E-state index contributed by atoms with van der Waals surface area (Å²) in [5.41, 5.74) is 3.32. The number of hydrogen-bond donors (Lipinski definition) is 1. The number of carboxylic acid groups (broad SMARTS) is 1. The Bertz CT molecular complexity index is 576. The van der Waals surface area contributed by atoms with E-state index in [0.717, 1.165) is 23.3 Å². The summed E-state index contributed by atoms with van der Waals surface area (Å²) in [5.74, 6) is 0.0679. The van der Waals surface area contributed by atoms with Crippen molar-refractivity contribution in [1.82, 2.24) is 0 Å². The van der Waals surface area contributed by atoms with Gasteiger partial charge in [-0.2, -0.15) is 0 Å². The molecule has 3 heteroatoms. The van der Waals surface area contributed by atoms with Crippen molar-refractivity contribution in [2.45, 2.75) is 19.3 Å². The van der Waals surface area contributed by atoms with Crippen molar-refractivity contribution in [1.29, 1.82) is 0 Å². The predicted molar refractivity (Wildman–Crippen MR) is 78.2 cm³/mol. The number of rotatable bonds is 6. The van der Waals surface area contributed by atoms with E-state index < -0.39 is 5.97 Å². The maximum Gasteiger partial charge on any atom is 0.303 e. The number of aryl methyl sites for hydroxylation is 1. The summed E-state index contributed by atoms with van der Waals surface area (Å²) in [4.78, 5) is 10.6. The minimum absolute atomic E-state index is 0.150. The van der Waals surface area contributed by atoms with Crippen LogP contribution in [0.4, 0.5) is 0 Å². The van der Waals surface area contributed by atoms with Gasteiger partial charge in [-0.15, -0.1) is 0 Å². The molecule has 2 rings (SSSR count). The SMILES string of the molecule is COc1ccc(CCC(=O)O)cc1Cc1ccccc1. The molecule has 20 heavy (non-hydrogen) atoms. The molecular formula is C17H18O3.